The SMILES string of the molecule is CCOC(=O)CSc1nnc(NC(=O)c2cc(Cl)c(OC)c(OC)c2)s1. The molecule has 0 unspecified atom stereocenters. The Bertz CT molecular complexity index is 800. The van der Waals surface area contributed by atoms with Gasteiger partial charge in [-0.05, 0) is 19.1 Å². The van der Waals surface area contributed by atoms with E-state index < -0.39 is 5.91 Å². The standard InChI is InChI=1S/C15H16ClN3O5S2/c1-4-24-11(20)7-25-15-19-18-14(26-15)17-13(21)8-5-9(16)12(23-3)10(6-8)22-2/h5-6H,4,7H2,1-3H3,(H,17,18,21). The van der Waals surface area contributed by atoms with Crippen LogP contribution < -0.4 is 14.8 Å². The van der Waals surface area contributed by atoms with Gasteiger partial charge in [0.2, 0.25) is 5.13 Å². The third kappa shape index (κ3) is 5.23. The number of carbonyl (C=O) groups excluding carboxylic acids is 2. The third-order valence-electron chi connectivity index (χ3n) is 2.94. The second kappa shape index (κ2) is 9.60. The molecule has 2 rings (SSSR count). The summed E-state index contributed by atoms with van der Waals surface area (Å²) in [6, 6.07) is 2.98. The summed E-state index contributed by atoms with van der Waals surface area (Å²) < 4.78 is 15.7. The summed E-state index contributed by atoms with van der Waals surface area (Å²) in [4.78, 5) is 23.7. The van der Waals surface area contributed by atoms with E-state index in [9.17, 15) is 9.59 Å². The zero-order valence-electron chi connectivity index (χ0n) is 14.2. The molecule has 0 aliphatic carbocycles. The maximum Gasteiger partial charge on any atom is 0.316 e. The number of amides is 1. The fourth-order valence-corrected chi connectivity index (χ4v) is 3.69. The van der Waals surface area contributed by atoms with Crippen LogP contribution in [0, 0.1) is 0 Å². The molecule has 0 bridgehead atoms. The molecule has 0 saturated heterocycles. The number of aromatic nitrogens is 2. The predicted octanol–water partition coefficient (Wildman–Crippen LogP) is 3.12. The summed E-state index contributed by atoms with van der Waals surface area (Å²) in [6.07, 6.45) is 0. The molecule has 0 aliphatic rings. The highest BCUT2D eigenvalue weighted by Crippen LogP contribution is 2.36. The van der Waals surface area contributed by atoms with Gasteiger partial charge in [0.05, 0.1) is 31.6 Å². The molecule has 140 valence electrons. The van der Waals surface area contributed by atoms with Gasteiger partial charge in [-0.25, -0.2) is 0 Å². The van der Waals surface area contributed by atoms with E-state index in [1.165, 1.54) is 38.1 Å². The number of nitrogens with zero attached hydrogens (tertiary/aromatic N) is 2. The monoisotopic (exact) mass is 417 g/mol. The molecule has 0 radical (unpaired) electrons. The topological polar surface area (TPSA) is 99.6 Å². The minimum atomic E-state index is -0.425. The van der Waals surface area contributed by atoms with Gasteiger partial charge in [-0.2, -0.15) is 0 Å². The van der Waals surface area contributed by atoms with Gasteiger partial charge in [0, 0.05) is 5.56 Å². The molecule has 1 amide bonds. The van der Waals surface area contributed by atoms with Crippen LogP contribution in [0.3, 0.4) is 0 Å². The van der Waals surface area contributed by atoms with Crippen LogP contribution in [0.15, 0.2) is 16.5 Å². The highest BCUT2D eigenvalue weighted by molar-refractivity contribution is 8.01. The number of rotatable bonds is 8. The van der Waals surface area contributed by atoms with Crippen LogP contribution in [0.2, 0.25) is 5.02 Å². The lowest BCUT2D eigenvalue weighted by Gasteiger charge is -2.11. The maximum atomic E-state index is 12.4. The van der Waals surface area contributed by atoms with Crippen LogP contribution in [-0.2, 0) is 9.53 Å². The van der Waals surface area contributed by atoms with E-state index >= 15 is 0 Å². The molecule has 1 N–H and O–H groups in total. The van der Waals surface area contributed by atoms with Gasteiger partial charge in [-0.3, -0.25) is 14.9 Å². The van der Waals surface area contributed by atoms with Crippen molar-refractivity contribution in [3.05, 3.63) is 22.7 Å². The molecule has 0 saturated carbocycles. The van der Waals surface area contributed by atoms with Crippen LogP contribution in [0.4, 0.5) is 5.13 Å². The molecule has 2 aromatic rings. The number of methoxy groups -OCH3 is 2. The first-order valence-corrected chi connectivity index (χ1v) is 9.51. The van der Waals surface area contributed by atoms with E-state index in [1.807, 2.05) is 0 Å². The van der Waals surface area contributed by atoms with Gasteiger partial charge >= 0.3 is 5.97 Å². The molecule has 1 heterocycles. The van der Waals surface area contributed by atoms with Crippen LogP contribution in [0.25, 0.3) is 0 Å². The van der Waals surface area contributed by atoms with Gasteiger partial charge < -0.3 is 14.2 Å². The molecular weight excluding hydrogens is 402 g/mol. The Balaban J connectivity index is 2.04. The lowest BCUT2D eigenvalue weighted by atomic mass is 10.2. The smallest absolute Gasteiger partial charge is 0.316 e. The number of thioether (sulfide) groups is 1. The largest absolute Gasteiger partial charge is 0.493 e. The Morgan fingerprint density at radius 1 is 1.27 bits per heavy atom. The van der Waals surface area contributed by atoms with Crippen molar-refractivity contribution in [3.8, 4) is 11.5 Å². The van der Waals surface area contributed by atoms with Crippen molar-refractivity contribution in [1.29, 1.82) is 0 Å². The molecule has 0 spiro atoms. The molecule has 0 aliphatic heterocycles. The highest BCUT2D eigenvalue weighted by atomic mass is 35.5. The first kappa shape index (κ1) is 20.3. The zero-order valence-corrected chi connectivity index (χ0v) is 16.6. The summed E-state index contributed by atoms with van der Waals surface area (Å²) in [5.74, 6) is 0.0541. The summed E-state index contributed by atoms with van der Waals surface area (Å²) in [7, 11) is 2.91. The van der Waals surface area contributed by atoms with Crippen LogP contribution in [0.5, 0.6) is 11.5 Å². The second-order valence-corrected chi connectivity index (χ2v) is 7.22. The maximum absolute atomic E-state index is 12.4. The van der Waals surface area contributed by atoms with E-state index in [-0.39, 0.29) is 22.3 Å². The van der Waals surface area contributed by atoms with Crippen molar-refractivity contribution < 1.29 is 23.8 Å². The van der Waals surface area contributed by atoms with E-state index in [1.54, 1.807) is 6.92 Å². The molecular formula is C15H16ClN3O5S2. The molecule has 26 heavy (non-hydrogen) atoms. The van der Waals surface area contributed by atoms with Crippen molar-refractivity contribution in [2.75, 3.05) is 31.9 Å². The van der Waals surface area contributed by atoms with Crippen LogP contribution in [-0.4, -0.2) is 48.7 Å². The fraction of sp³-hybridized carbons (Fsp3) is 0.333. The number of hydrogen-bond acceptors (Lipinski definition) is 9. The molecule has 11 heteroatoms. The van der Waals surface area contributed by atoms with Crippen molar-refractivity contribution >= 4 is 51.7 Å². The van der Waals surface area contributed by atoms with E-state index in [0.29, 0.717) is 27.6 Å². The number of anilines is 1. The summed E-state index contributed by atoms with van der Waals surface area (Å²) in [6.45, 7) is 2.06. The van der Waals surface area contributed by atoms with Crippen LogP contribution >= 0.6 is 34.7 Å². The van der Waals surface area contributed by atoms with Gasteiger partial charge in [0.1, 0.15) is 0 Å². The number of carbonyl (C=O) groups is 2. The van der Waals surface area contributed by atoms with Crippen LogP contribution in [0.1, 0.15) is 17.3 Å². The zero-order chi connectivity index (χ0) is 19.1. The minimum Gasteiger partial charge on any atom is -0.493 e. The molecule has 1 aromatic carbocycles. The average Bonchev–Trinajstić information content (AvgIpc) is 3.06. The Labute approximate surface area is 163 Å². The number of halogens is 1. The molecule has 8 nitrogen and oxygen atoms in total. The van der Waals surface area contributed by atoms with Gasteiger partial charge in [-0.1, -0.05) is 34.7 Å². The minimum absolute atomic E-state index is 0.127. The quantitative estimate of drug-likeness (QED) is 0.397. The van der Waals surface area contributed by atoms with Gasteiger partial charge in [0.15, 0.2) is 15.8 Å². The molecule has 0 fully saturated rings. The number of esters is 1. The first-order chi connectivity index (χ1) is 12.5. The normalized spacial score (nSPS) is 10.3. The Morgan fingerprint density at radius 3 is 2.69 bits per heavy atom. The molecule has 0 atom stereocenters. The second-order valence-electron chi connectivity index (χ2n) is 4.61. The van der Waals surface area contributed by atoms with E-state index in [2.05, 4.69) is 15.5 Å². The van der Waals surface area contributed by atoms with Gasteiger partial charge in [-0.15, -0.1) is 10.2 Å². The number of benzene rings is 1. The predicted molar refractivity (Wildman–Crippen MR) is 99.8 cm³/mol. The Kier molecular flexibility index (Phi) is 7.49. The average molecular weight is 418 g/mol. The number of hydrogen-bond donors (Lipinski definition) is 1. The van der Waals surface area contributed by atoms with E-state index in [0.717, 1.165) is 11.3 Å². The fourth-order valence-electron chi connectivity index (χ4n) is 1.86. The number of nitrogens with one attached hydrogen (secondary N) is 1. The molecule has 1 aromatic heterocycles. The lowest BCUT2D eigenvalue weighted by molar-refractivity contribution is -0.139. The summed E-state index contributed by atoms with van der Waals surface area (Å²) >= 11 is 8.44. The number of ether oxygens (including phenoxy) is 3. The summed E-state index contributed by atoms with van der Waals surface area (Å²) in [5, 5.41) is 11.0. The lowest BCUT2D eigenvalue weighted by Crippen LogP contribution is -2.12. The third-order valence-corrected chi connectivity index (χ3v) is 5.17. The first-order valence-electron chi connectivity index (χ1n) is 7.33. The van der Waals surface area contributed by atoms with Crippen molar-refractivity contribution in [2.24, 2.45) is 0 Å². The Hall–Kier alpha value is -2.04. The Morgan fingerprint density at radius 2 is 2.04 bits per heavy atom. The van der Waals surface area contributed by atoms with E-state index in [4.69, 9.17) is 25.8 Å². The highest BCUT2D eigenvalue weighted by Gasteiger charge is 2.17. The summed E-state index contributed by atoms with van der Waals surface area (Å²) in [5.41, 5.74) is 0.281. The van der Waals surface area contributed by atoms with Crippen molar-refractivity contribution in [2.45, 2.75) is 11.3 Å². The van der Waals surface area contributed by atoms with Crippen molar-refractivity contribution in [3.63, 3.8) is 0 Å². The van der Waals surface area contributed by atoms with Crippen molar-refractivity contribution in [1.82, 2.24) is 10.2 Å². The van der Waals surface area contributed by atoms with Gasteiger partial charge in [0.25, 0.3) is 5.91 Å².